The van der Waals surface area contributed by atoms with Crippen LogP contribution in [0.2, 0.25) is 0 Å². The largest absolute Gasteiger partial charge is 0.394 e. The Balaban J connectivity index is 1.47. The molecule has 1 unspecified atom stereocenters. The summed E-state index contributed by atoms with van der Waals surface area (Å²) >= 11 is 0. The summed E-state index contributed by atoms with van der Waals surface area (Å²) in [4.78, 5) is 0. The van der Waals surface area contributed by atoms with Gasteiger partial charge in [-0.15, -0.1) is 0 Å². The lowest BCUT2D eigenvalue weighted by molar-refractivity contribution is 0.0939. The molecular weight excluding hydrogens is 238 g/mol. The molecule has 2 rings (SSSR count). The van der Waals surface area contributed by atoms with Crippen molar-refractivity contribution < 1.29 is 9.84 Å². The van der Waals surface area contributed by atoms with Crippen LogP contribution in [0.25, 0.3) is 0 Å². The SMILES string of the molecule is CC(CO)(CCCCOCC1CCCC1)NC1CC1. The molecule has 1 atom stereocenters. The molecule has 19 heavy (non-hydrogen) atoms. The third-order valence-electron chi connectivity index (χ3n) is 4.57. The van der Waals surface area contributed by atoms with Gasteiger partial charge in [0.25, 0.3) is 0 Å². The van der Waals surface area contributed by atoms with Gasteiger partial charge < -0.3 is 15.2 Å². The second-order valence-electron chi connectivity index (χ2n) is 6.82. The molecule has 112 valence electrons. The van der Waals surface area contributed by atoms with Gasteiger partial charge in [0.15, 0.2) is 0 Å². The highest BCUT2D eigenvalue weighted by Crippen LogP contribution is 2.26. The molecule has 0 aromatic heterocycles. The van der Waals surface area contributed by atoms with Crippen LogP contribution >= 0.6 is 0 Å². The summed E-state index contributed by atoms with van der Waals surface area (Å²) < 4.78 is 5.78. The van der Waals surface area contributed by atoms with Crippen molar-refractivity contribution in [2.24, 2.45) is 5.92 Å². The summed E-state index contributed by atoms with van der Waals surface area (Å²) in [5.74, 6) is 0.833. The van der Waals surface area contributed by atoms with E-state index < -0.39 is 0 Å². The number of ether oxygens (including phenoxy) is 1. The Morgan fingerprint density at radius 3 is 2.53 bits per heavy atom. The molecule has 2 aliphatic rings. The second kappa shape index (κ2) is 7.61. The van der Waals surface area contributed by atoms with Crippen molar-refractivity contribution in [3.05, 3.63) is 0 Å². The fourth-order valence-corrected chi connectivity index (χ4v) is 3.06. The summed E-state index contributed by atoms with van der Waals surface area (Å²) in [5.41, 5.74) is -0.0768. The van der Waals surface area contributed by atoms with E-state index in [2.05, 4.69) is 12.2 Å². The molecule has 2 fully saturated rings. The van der Waals surface area contributed by atoms with Gasteiger partial charge in [0.2, 0.25) is 0 Å². The van der Waals surface area contributed by atoms with E-state index in [0.717, 1.165) is 38.4 Å². The average Bonchev–Trinajstić information content (AvgIpc) is 3.06. The predicted octanol–water partition coefficient (Wildman–Crippen LogP) is 2.87. The molecule has 3 nitrogen and oxygen atoms in total. The van der Waals surface area contributed by atoms with Gasteiger partial charge in [-0.2, -0.15) is 0 Å². The summed E-state index contributed by atoms with van der Waals surface area (Å²) in [5, 5.41) is 13.1. The summed E-state index contributed by atoms with van der Waals surface area (Å²) in [6.45, 7) is 4.25. The van der Waals surface area contributed by atoms with Gasteiger partial charge in [-0.25, -0.2) is 0 Å². The monoisotopic (exact) mass is 269 g/mol. The number of hydrogen-bond donors (Lipinski definition) is 2. The Kier molecular flexibility index (Phi) is 6.11. The van der Waals surface area contributed by atoms with Crippen molar-refractivity contribution in [1.82, 2.24) is 5.32 Å². The molecule has 0 aliphatic heterocycles. The fraction of sp³-hybridized carbons (Fsp3) is 1.00. The van der Waals surface area contributed by atoms with Gasteiger partial charge in [-0.05, 0) is 57.8 Å². The van der Waals surface area contributed by atoms with E-state index in [1.54, 1.807) is 0 Å². The van der Waals surface area contributed by atoms with Crippen molar-refractivity contribution >= 4 is 0 Å². The van der Waals surface area contributed by atoms with Crippen LogP contribution in [0.3, 0.4) is 0 Å². The lowest BCUT2D eigenvalue weighted by Crippen LogP contribution is -2.46. The minimum Gasteiger partial charge on any atom is -0.394 e. The molecule has 0 bridgehead atoms. The Hall–Kier alpha value is -0.120. The summed E-state index contributed by atoms with van der Waals surface area (Å²) in [6, 6.07) is 0.663. The van der Waals surface area contributed by atoms with Crippen molar-refractivity contribution in [2.45, 2.75) is 76.3 Å². The zero-order valence-corrected chi connectivity index (χ0v) is 12.5. The highest BCUT2D eigenvalue weighted by atomic mass is 16.5. The van der Waals surface area contributed by atoms with E-state index in [0.29, 0.717) is 6.04 Å². The number of aliphatic hydroxyl groups excluding tert-OH is 1. The van der Waals surface area contributed by atoms with E-state index in [9.17, 15) is 5.11 Å². The first-order chi connectivity index (χ1) is 9.22. The van der Waals surface area contributed by atoms with Gasteiger partial charge in [0, 0.05) is 24.8 Å². The van der Waals surface area contributed by atoms with Crippen LogP contribution in [0.1, 0.15) is 64.7 Å². The molecule has 2 aliphatic carbocycles. The lowest BCUT2D eigenvalue weighted by Gasteiger charge is -2.29. The van der Waals surface area contributed by atoms with Gasteiger partial charge in [0.05, 0.1) is 6.61 Å². The van der Waals surface area contributed by atoms with Crippen LogP contribution in [0.15, 0.2) is 0 Å². The Labute approximate surface area is 118 Å². The number of nitrogens with one attached hydrogen (secondary N) is 1. The van der Waals surface area contributed by atoms with Crippen LogP contribution in [0, 0.1) is 5.92 Å². The van der Waals surface area contributed by atoms with E-state index in [-0.39, 0.29) is 12.1 Å². The Morgan fingerprint density at radius 2 is 1.89 bits per heavy atom. The van der Waals surface area contributed by atoms with Gasteiger partial charge >= 0.3 is 0 Å². The van der Waals surface area contributed by atoms with E-state index in [1.165, 1.54) is 38.5 Å². The molecule has 2 saturated carbocycles. The van der Waals surface area contributed by atoms with Crippen molar-refractivity contribution in [2.75, 3.05) is 19.8 Å². The number of aliphatic hydroxyl groups is 1. The van der Waals surface area contributed by atoms with Gasteiger partial charge in [-0.1, -0.05) is 12.8 Å². The standard InChI is InChI=1S/C16H31NO2/c1-16(13-18,17-15-8-9-15)10-4-5-11-19-12-14-6-2-3-7-14/h14-15,17-18H,2-13H2,1H3. The minimum atomic E-state index is -0.0768. The third-order valence-corrected chi connectivity index (χ3v) is 4.57. The maximum Gasteiger partial charge on any atom is 0.0610 e. The first-order valence-corrected chi connectivity index (χ1v) is 8.18. The van der Waals surface area contributed by atoms with Crippen molar-refractivity contribution in [1.29, 1.82) is 0 Å². The van der Waals surface area contributed by atoms with Crippen LogP contribution in [-0.2, 0) is 4.74 Å². The molecule has 0 spiro atoms. The summed E-state index contributed by atoms with van der Waals surface area (Å²) in [6.07, 6.45) is 11.4. The van der Waals surface area contributed by atoms with Crippen molar-refractivity contribution in [3.63, 3.8) is 0 Å². The van der Waals surface area contributed by atoms with E-state index in [4.69, 9.17) is 4.74 Å². The zero-order chi connectivity index (χ0) is 13.6. The third kappa shape index (κ3) is 5.80. The Morgan fingerprint density at radius 1 is 1.16 bits per heavy atom. The fourth-order valence-electron chi connectivity index (χ4n) is 3.06. The molecule has 2 N–H and O–H groups in total. The molecule has 0 heterocycles. The number of unbranched alkanes of at least 4 members (excludes halogenated alkanes) is 1. The van der Waals surface area contributed by atoms with E-state index >= 15 is 0 Å². The normalized spacial score (nSPS) is 23.7. The quantitative estimate of drug-likeness (QED) is 0.599. The molecule has 3 heteroatoms. The number of hydrogen-bond acceptors (Lipinski definition) is 3. The smallest absolute Gasteiger partial charge is 0.0610 e. The lowest BCUT2D eigenvalue weighted by atomic mass is 9.95. The van der Waals surface area contributed by atoms with Gasteiger partial charge in [0.1, 0.15) is 0 Å². The summed E-state index contributed by atoms with van der Waals surface area (Å²) in [7, 11) is 0. The maximum absolute atomic E-state index is 9.51. The molecular formula is C16H31NO2. The molecule has 0 aromatic carbocycles. The van der Waals surface area contributed by atoms with E-state index in [1.807, 2.05) is 0 Å². The second-order valence-corrected chi connectivity index (χ2v) is 6.82. The highest BCUT2D eigenvalue weighted by Gasteiger charge is 2.31. The van der Waals surface area contributed by atoms with Crippen LogP contribution < -0.4 is 5.32 Å². The molecule has 0 aromatic rings. The molecule has 0 radical (unpaired) electrons. The minimum absolute atomic E-state index is 0.0768. The van der Waals surface area contributed by atoms with Crippen LogP contribution in [-0.4, -0.2) is 36.5 Å². The predicted molar refractivity (Wildman–Crippen MR) is 78.3 cm³/mol. The average molecular weight is 269 g/mol. The number of rotatable bonds is 10. The maximum atomic E-state index is 9.51. The van der Waals surface area contributed by atoms with Crippen molar-refractivity contribution in [3.8, 4) is 0 Å². The van der Waals surface area contributed by atoms with Gasteiger partial charge in [-0.3, -0.25) is 0 Å². The Bertz CT molecular complexity index is 249. The molecule has 0 amide bonds. The van der Waals surface area contributed by atoms with Crippen LogP contribution in [0.5, 0.6) is 0 Å². The topological polar surface area (TPSA) is 41.5 Å². The van der Waals surface area contributed by atoms with Crippen LogP contribution in [0.4, 0.5) is 0 Å². The highest BCUT2D eigenvalue weighted by molar-refractivity contribution is 4.92. The first-order valence-electron chi connectivity index (χ1n) is 8.18. The first kappa shape index (κ1) is 15.3. The molecule has 0 saturated heterocycles. The zero-order valence-electron chi connectivity index (χ0n) is 12.5.